The van der Waals surface area contributed by atoms with Crippen LogP contribution in [0.1, 0.15) is 15.9 Å². The summed E-state index contributed by atoms with van der Waals surface area (Å²) >= 11 is 6.10. The van der Waals surface area contributed by atoms with Gasteiger partial charge in [-0.15, -0.1) is 0 Å². The molecular formula is C27H22ClN5O5. The number of carbonyl (C=O) groups is 4. The van der Waals surface area contributed by atoms with Crippen LogP contribution < -0.4 is 16.0 Å². The summed E-state index contributed by atoms with van der Waals surface area (Å²) in [6, 6.07) is 18.2. The van der Waals surface area contributed by atoms with Crippen LogP contribution in [-0.4, -0.2) is 44.4 Å². The molecule has 11 heteroatoms. The Morgan fingerprint density at radius 3 is 2.32 bits per heavy atom. The topological polar surface area (TPSA) is 142 Å². The third-order valence-electron chi connectivity index (χ3n) is 5.50. The third kappa shape index (κ3) is 6.62. The first-order valence-electron chi connectivity index (χ1n) is 11.4. The van der Waals surface area contributed by atoms with Crippen molar-refractivity contribution < 1.29 is 24.3 Å². The highest BCUT2D eigenvalue weighted by molar-refractivity contribution is 6.40. The second kappa shape index (κ2) is 11.8. The average Bonchev–Trinajstić information content (AvgIpc) is 3.44. The van der Waals surface area contributed by atoms with Gasteiger partial charge in [-0.1, -0.05) is 41.9 Å². The first-order valence-corrected chi connectivity index (χ1v) is 11.8. The molecule has 0 fully saturated rings. The van der Waals surface area contributed by atoms with Crippen molar-refractivity contribution in [2.75, 3.05) is 10.6 Å². The first-order chi connectivity index (χ1) is 18.3. The smallest absolute Gasteiger partial charge is 0.335 e. The fourth-order valence-corrected chi connectivity index (χ4v) is 3.79. The molecule has 10 nitrogen and oxygen atoms in total. The van der Waals surface area contributed by atoms with Crippen molar-refractivity contribution in [3.05, 3.63) is 108 Å². The second-order valence-electron chi connectivity index (χ2n) is 8.17. The molecule has 0 aliphatic carbocycles. The lowest BCUT2D eigenvalue weighted by atomic mass is 10.0. The molecule has 0 saturated heterocycles. The fraction of sp³-hybridized carbons (Fsp3) is 0.0741. The number of carboxylic acids is 1. The largest absolute Gasteiger partial charge is 0.478 e. The van der Waals surface area contributed by atoms with E-state index in [9.17, 15) is 19.2 Å². The number of carbonyl (C=O) groups excluding carboxylic acids is 3. The van der Waals surface area contributed by atoms with Crippen LogP contribution in [0, 0.1) is 0 Å². The molecule has 0 aliphatic rings. The molecule has 3 aromatic carbocycles. The van der Waals surface area contributed by atoms with E-state index in [-0.39, 0.29) is 17.7 Å². The molecule has 0 aliphatic heterocycles. The number of nitrogens with one attached hydrogen (secondary N) is 3. The van der Waals surface area contributed by atoms with E-state index in [0.717, 1.165) is 5.56 Å². The van der Waals surface area contributed by atoms with Crippen LogP contribution in [0.15, 0.2) is 91.5 Å². The summed E-state index contributed by atoms with van der Waals surface area (Å²) in [5.74, 6) is -3.71. The molecule has 3 amide bonds. The molecular weight excluding hydrogens is 510 g/mol. The number of imidazole rings is 1. The maximum absolute atomic E-state index is 13.1. The molecule has 0 radical (unpaired) electrons. The normalized spacial score (nSPS) is 11.3. The molecule has 4 N–H and O–H groups in total. The van der Waals surface area contributed by atoms with Gasteiger partial charge in [0, 0.05) is 29.5 Å². The van der Waals surface area contributed by atoms with Gasteiger partial charge in [0.05, 0.1) is 23.3 Å². The minimum absolute atomic E-state index is 0.0601. The van der Waals surface area contributed by atoms with E-state index in [1.54, 1.807) is 53.4 Å². The quantitative estimate of drug-likeness (QED) is 0.256. The Labute approximate surface area is 222 Å². The minimum atomic E-state index is -1.11. The van der Waals surface area contributed by atoms with E-state index in [1.165, 1.54) is 36.7 Å². The Balaban J connectivity index is 1.50. The molecule has 0 bridgehead atoms. The molecule has 0 spiro atoms. The van der Waals surface area contributed by atoms with Crippen molar-refractivity contribution in [2.24, 2.45) is 0 Å². The molecule has 0 saturated carbocycles. The number of amides is 3. The number of anilines is 2. The predicted octanol–water partition coefficient (Wildman–Crippen LogP) is 3.53. The summed E-state index contributed by atoms with van der Waals surface area (Å²) in [5, 5.41) is 17.1. The Morgan fingerprint density at radius 2 is 1.66 bits per heavy atom. The van der Waals surface area contributed by atoms with Crippen LogP contribution >= 0.6 is 11.6 Å². The fourth-order valence-electron chi connectivity index (χ4n) is 3.62. The molecule has 38 heavy (non-hydrogen) atoms. The number of hydrogen-bond acceptors (Lipinski definition) is 5. The highest BCUT2D eigenvalue weighted by Gasteiger charge is 2.25. The number of aromatic nitrogens is 2. The lowest BCUT2D eigenvalue weighted by Gasteiger charge is -2.19. The Kier molecular flexibility index (Phi) is 8.14. The van der Waals surface area contributed by atoms with Crippen LogP contribution in [0.25, 0.3) is 5.69 Å². The number of rotatable bonds is 8. The van der Waals surface area contributed by atoms with Gasteiger partial charge in [-0.25, -0.2) is 9.78 Å². The minimum Gasteiger partial charge on any atom is -0.478 e. The highest BCUT2D eigenvalue weighted by atomic mass is 35.5. The van der Waals surface area contributed by atoms with Gasteiger partial charge in [0.15, 0.2) is 0 Å². The lowest BCUT2D eigenvalue weighted by Crippen LogP contribution is -2.49. The van der Waals surface area contributed by atoms with E-state index >= 15 is 0 Å². The van der Waals surface area contributed by atoms with Gasteiger partial charge in [0.2, 0.25) is 5.91 Å². The van der Waals surface area contributed by atoms with Crippen molar-refractivity contribution >= 4 is 46.7 Å². The molecule has 4 aromatic rings. The van der Waals surface area contributed by atoms with Gasteiger partial charge in [-0.2, -0.15) is 0 Å². The van der Waals surface area contributed by atoms with Crippen molar-refractivity contribution in [1.82, 2.24) is 14.9 Å². The number of nitrogens with zero attached hydrogens (tertiary/aromatic N) is 2. The third-order valence-corrected chi connectivity index (χ3v) is 5.73. The van der Waals surface area contributed by atoms with E-state index < -0.39 is 29.7 Å². The standard InChI is InChI=1S/C27H22ClN5O5/c28-19-8-11-23(33-13-12-29-16-33)21(15-19)31-25(35)26(36)32-22(14-17-4-2-1-3-5-17)24(34)30-20-9-6-18(7-10-20)27(37)38/h1-13,15-16,22H,14H2,(H,30,34)(H,31,35)(H,32,36)(H,37,38). The molecule has 1 atom stereocenters. The summed E-state index contributed by atoms with van der Waals surface area (Å²) in [4.78, 5) is 53.9. The summed E-state index contributed by atoms with van der Waals surface area (Å²) in [7, 11) is 0. The summed E-state index contributed by atoms with van der Waals surface area (Å²) in [5.41, 5.74) is 1.96. The van der Waals surface area contributed by atoms with E-state index in [1.807, 2.05) is 6.07 Å². The van der Waals surface area contributed by atoms with E-state index in [4.69, 9.17) is 16.7 Å². The van der Waals surface area contributed by atoms with Crippen LogP contribution in [-0.2, 0) is 20.8 Å². The molecule has 1 heterocycles. The number of halogens is 1. The highest BCUT2D eigenvalue weighted by Crippen LogP contribution is 2.24. The van der Waals surface area contributed by atoms with Crippen LogP contribution in [0.2, 0.25) is 5.02 Å². The van der Waals surface area contributed by atoms with Crippen LogP contribution in [0.5, 0.6) is 0 Å². The summed E-state index contributed by atoms with van der Waals surface area (Å²) in [6.07, 6.45) is 4.87. The zero-order valence-corrected chi connectivity index (χ0v) is 20.6. The van der Waals surface area contributed by atoms with Gasteiger partial charge >= 0.3 is 17.8 Å². The molecule has 1 unspecified atom stereocenters. The van der Waals surface area contributed by atoms with E-state index in [0.29, 0.717) is 16.4 Å². The molecule has 192 valence electrons. The molecule has 4 rings (SSSR count). The van der Waals surface area contributed by atoms with Crippen molar-refractivity contribution in [3.8, 4) is 5.69 Å². The number of benzene rings is 3. The number of hydrogen-bond donors (Lipinski definition) is 4. The van der Waals surface area contributed by atoms with Gasteiger partial charge in [-0.05, 0) is 48.0 Å². The summed E-state index contributed by atoms with van der Waals surface area (Å²) in [6.45, 7) is 0. The lowest BCUT2D eigenvalue weighted by molar-refractivity contribution is -0.137. The number of aromatic carboxylic acids is 1. The van der Waals surface area contributed by atoms with E-state index in [2.05, 4.69) is 20.9 Å². The van der Waals surface area contributed by atoms with Crippen LogP contribution in [0.3, 0.4) is 0 Å². The second-order valence-corrected chi connectivity index (χ2v) is 8.61. The summed E-state index contributed by atoms with van der Waals surface area (Å²) < 4.78 is 1.64. The van der Waals surface area contributed by atoms with Gasteiger partial charge in [-0.3, -0.25) is 14.4 Å². The maximum Gasteiger partial charge on any atom is 0.335 e. The zero-order chi connectivity index (χ0) is 27.1. The number of carboxylic acid groups (broad SMARTS) is 1. The zero-order valence-electron chi connectivity index (χ0n) is 19.8. The van der Waals surface area contributed by atoms with Crippen molar-refractivity contribution in [2.45, 2.75) is 12.5 Å². The van der Waals surface area contributed by atoms with Crippen LogP contribution in [0.4, 0.5) is 11.4 Å². The van der Waals surface area contributed by atoms with Crippen molar-refractivity contribution in [1.29, 1.82) is 0 Å². The Bertz CT molecular complexity index is 1460. The van der Waals surface area contributed by atoms with Gasteiger partial charge in [0.1, 0.15) is 6.04 Å². The Morgan fingerprint density at radius 1 is 0.921 bits per heavy atom. The average molecular weight is 532 g/mol. The van der Waals surface area contributed by atoms with Crippen molar-refractivity contribution in [3.63, 3.8) is 0 Å². The van der Waals surface area contributed by atoms with Gasteiger partial charge in [0.25, 0.3) is 0 Å². The first kappa shape index (κ1) is 26.1. The Hall–Kier alpha value is -4.96. The SMILES string of the molecule is O=C(Nc1cc(Cl)ccc1-n1ccnc1)C(=O)NC(Cc1ccccc1)C(=O)Nc1ccc(C(=O)O)cc1. The predicted molar refractivity (Wildman–Crippen MR) is 141 cm³/mol. The monoisotopic (exact) mass is 531 g/mol. The maximum atomic E-state index is 13.1. The molecule has 1 aromatic heterocycles. The van der Waals surface area contributed by atoms with Gasteiger partial charge < -0.3 is 25.6 Å².